The van der Waals surface area contributed by atoms with Crippen LogP contribution in [0.3, 0.4) is 0 Å². The summed E-state index contributed by atoms with van der Waals surface area (Å²) in [6, 6.07) is 14.7. The largest absolute Gasteiger partial charge is 0.507 e. The number of amides is 1. The fourth-order valence-corrected chi connectivity index (χ4v) is 5.41. The summed E-state index contributed by atoms with van der Waals surface area (Å²) >= 11 is 0. The maximum atomic E-state index is 12.1. The molecule has 7 nitrogen and oxygen atoms in total. The molecule has 1 aromatic heterocycles. The highest BCUT2D eigenvalue weighted by Gasteiger charge is 2.34. The van der Waals surface area contributed by atoms with Crippen LogP contribution in [0.1, 0.15) is 28.2 Å². The van der Waals surface area contributed by atoms with Gasteiger partial charge in [0.15, 0.2) is 11.0 Å². The van der Waals surface area contributed by atoms with Gasteiger partial charge in [-0.25, -0.2) is 9.19 Å². The molecule has 0 bridgehead atoms. The summed E-state index contributed by atoms with van der Waals surface area (Å²) in [6.07, 6.45) is 2.78. The smallest absolute Gasteiger partial charge is 0.257 e. The lowest BCUT2D eigenvalue weighted by Crippen LogP contribution is -2.16. The lowest BCUT2D eigenvalue weighted by atomic mass is 9.89. The Morgan fingerprint density at radius 1 is 1.16 bits per heavy atom. The van der Waals surface area contributed by atoms with Crippen LogP contribution in [0.25, 0.3) is 16.0 Å². The van der Waals surface area contributed by atoms with Crippen LogP contribution in [-0.2, 0) is 22.2 Å². The Hall–Kier alpha value is -3.49. The number of fused-ring (bicyclic) bond motifs is 1. The standard InChI is InChI=1S/C24H20N2O5S/c1-31-23-8-6-14(12-25-23)15-3-2-4-16-18(15)10-20(28)24(16)13-5-7-17(19(27)9-13)21-11-22(29)26-32(21)30/h2-9,11-12,20,24,27-28H,10H2,1H3,(H,26,29)/t20-,24?,32?/m1/s1. The minimum absolute atomic E-state index is 0.0882. The SMILES string of the molecule is COc1ccc(-c2cccc3c2C[C@@H](O)C3c2ccc(C3=CC(=O)NS3=O)c(O)c2)cn1. The molecule has 8 heteroatoms. The van der Waals surface area contributed by atoms with Gasteiger partial charge in [0.1, 0.15) is 5.75 Å². The molecule has 1 aliphatic carbocycles. The van der Waals surface area contributed by atoms with Crippen molar-refractivity contribution in [2.45, 2.75) is 18.4 Å². The number of aliphatic hydroxyl groups excluding tert-OH is 1. The number of carbonyl (C=O) groups excluding carboxylic acids is 1. The monoisotopic (exact) mass is 448 g/mol. The quantitative estimate of drug-likeness (QED) is 0.566. The molecular weight excluding hydrogens is 428 g/mol. The van der Waals surface area contributed by atoms with Crippen LogP contribution in [0.2, 0.25) is 0 Å². The van der Waals surface area contributed by atoms with E-state index in [2.05, 4.69) is 9.71 Å². The Bertz CT molecular complexity index is 1290. The fraction of sp³-hybridized carbons (Fsp3) is 0.167. The topological polar surface area (TPSA) is 109 Å². The van der Waals surface area contributed by atoms with E-state index in [1.165, 1.54) is 6.08 Å². The average molecular weight is 449 g/mol. The van der Waals surface area contributed by atoms with Gasteiger partial charge in [-0.05, 0) is 40.5 Å². The summed E-state index contributed by atoms with van der Waals surface area (Å²) in [6.45, 7) is 0. The molecule has 2 aromatic carbocycles. The van der Waals surface area contributed by atoms with Crippen molar-refractivity contribution in [3.05, 3.63) is 83.1 Å². The summed E-state index contributed by atoms with van der Waals surface area (Å²) < 4.78 is 19.5. The molecule has 0 radical (unpaired) electrons. The van der Waals surface area contributed by atoms with Crippen molar-refractivity contribution < 1.29 is 24.0 Å². The number of nitrogens with one attached hydrogen (secondary N) is 1. The molecule has 162 valence electrons. The lowest BCUT2D eigenvalue weighted by molar-refractivity contribution is -0.114. The number of aromatic nitrogens is 1. The maximum absolute atomic E-state index is 12.1. The number of aliphatic hydroxyl groups is 1. The maximum Gasteiger partial charge on any atom is 0.257 e. The van der Waals surface area contributed by atoms with Gasteiger partial charge in [-0.1, -0.05) is 24.3 Å². The minimum atomic E-state index is -1.69. The number of benzene rings is 2. The molecule has 1 amide bonds. The number of ether oxygens (including phenoxy) is 1. The summed E-state index contributed by atoms with van der Waals surface area (Å²) in [5, 5.41) is 21.6. The van der Waals surface area contributed by atoms with Crippen LogP contribution in [0, 0.1) is 0 Å². The fourth-order valence-electron chi connectivity index (χ4n) is 4.47. The predicted molar refractivity (Wildman–Crippen MR) is 120 cm³/mol. The van der Waals surface area contributed by atoms with Crippen molar-refractivity contribution in [3.8, 4) is 22.8 Å². The predicted octanol–water partition coefficient (Wildman–Crippen LogP) is 2.65. The molecule has 5 rings (SSSR count). The van der Waals surface area contributed by atoms with Gasteiger partial charge in [0, 0.05) is 41.8 Å². The van der Waals surface area contributed by atoms with E-state index in [-0.39, 0.29) is 16.6 Å². The number of phenols is 1. The molecule has 2 unspecified atom stereocenters. The Balaban J connectivity index is 1.53. The molecule has 0 saturated carbocycles. The Labute approximate surface area is 187 Å². The molecule has 0 spiro atoms. The third-order valence-corrected chi connectivity index (χ3v) is 7.03. The van der Waals surface area contributed by atoms with E-state index in [9.17, 15) is 19.2 Å². The Morgan fingerprint density at radius 2 is 2.00 bits per heavy atom. The van der Waals surface area contributed by atoms with Gasteiger partial charge in [0.2, 0.25) is 5.88 Å². The second kappa shape index (κ2) is 7.89. The number of phenolic OH excluding ortho intramolecular Hbond substituents is 1. The number of rotatable bonds is 4. The van der Waals surface area contributed by atoms with Gasteiger partial charge in [0.05, 0.1) is 18.1 Å². The van der Waals surface area contributed by atoms with Gasteiger partial charge >= 0.3 is 0 Å². The number of pyridine rings is 1. The van der Waals surface area contributed by atoms with Crippen molar-refractivity contribution in [3.63, 3.8) is 0 Å². The number of nitrogens with zero attached hydrogens (tertiary/aromatic N) is 1. The van der Waals surface area contributed by atoms with Crippen LogP contribution in [0.15, 0.2) is 60.8 Å². The molecule has 0 saturated heterocycles. The molecular formula is C24H20N2O5S. The molecule has 1 aliphatic heterocycles. The van der Waals surface area contributed by atoms with E-state index in [0.717, 1.165) is 27.8 Å². The number of hydrogen-bond donors (Lipinski definition) is 3. The van der Waals surface area contributed by atoms with Crippen molar-refractivity contribution in [1.82, 2.24) is 9.71 Å². The van der Waals surface area contributed by atoms with Crippen molar-refractivity contribution >= 4 is 21.8 Å². The highest BCUT2D eigenvalue weighted by molar-refractivity contribution is 7.94. The summed E-state index contributed by atoms with van der Waals surface area (Å²) in [7, 11) is -0.125. The van der Waals surface area contributed by atoms with Crippen LogP contribution in [0.4, 0.5) is 0 Å². The first-order valence-electron chi connectivity index (χ1n) is 10.0. The molecule has 32 heavy (non-hydrogen) atoms. The molecule has 0 fully saturated rings. The molecule has 2 aliphatic rings. The van der Waals surface area contributed by atoms with E-state index in [1.54, 1.807) is 37.6 Å². The molecule has 3 aromatic rings. The number of hydrogen-bond acceptors (Lipinski definition) is 6. The lowest BCUT2D eigenvalue weighted by Gasteiger charge is -2.18. The highest BCUT2D eigenvalue weighted by atomic mass is 32.2. The van der Waals surface area contributed by atoms with E-state index < -0.39 is 23.0 Å². The van der Waals surface area contributed by atoms with Crippen molar-refractivity contribution in [2.24, 2.45) is 0 Å². The van der Waals surface area contributed by atoms with E-state index in [0.29, 0.717) is 17.9 Å². The Kier molecular flexibility index (Phi) is 5.03. The molecule has 3 N–H and O–H groups in total. The normalized spacial score (nSPS) is 21.8. The second-order valence-electron chi connectivity index (χ2n) is 7.73. The zero-order valence-corrected chi connectivity index (χ0v) is 17.9. The van der Waals surface area contributed by atoms with Crippen molar-refractivity contribution in [2.75, 3.05) is 7.11 Å². The van der Waals surface area contributed by atoms with Gasteiger partial charge in [0.25, 0.3) is 5.91 Å². The molecule has 2 heterocycles. The summed E-state index contributed by atoms with van der Waals surface area (Å²) in [4.78, 5) is 16.0. The van der Waals surface area contributed by atoms with Gasteiger partial charge < -0.3 is 14.9 Å². The number of methoxy groups -OCH3 is 1. The van der Waals surface area contributed by atoms with E-state index >= 15 is 0 Å². The van der Waals surface area contributed by atoms with Crippen LogP contribution in [-0.4, -0.2) is 38.5 Å². The van der Waals surface area contributed by atoms with Gasteiger partial charge in [-0.15, -0.1) is 0 Å². The second-order valence-corrected chi connectivity index (χ2v) is 8.91. The first kappa shape index (κ1) is 20.4. The number of carbonyl (C=O) groups is 1. The summed E-state index contributed by atoms with van der Waals surface area (Å²) in [5.41, 5.74) is 5.02. The average Bonchev–Trinajstić information content (AvgIpc) is 3.30. The van der Waals surface area contributed by atoms with Crippen LogP contribution < -0.4 is 9.46 Å². The van der Waals surface area contributed by atoms with Gasteiger partial charge in [-0.3, -0.25) is 9.52 Å². The summed E-state index contributed by atoms with van der Waals surface area (Å²) in [5.74, 6) is -0.332. The zero-order valence-electron chi connectivity index (χ0n) is 17.1. The third-order valence-electron chi connectivity index (χ3n) is 5.90. The van der Waals surface area contributed by atoms with E-state index in [1.807, 2.05) is 24.3 Å². The highest BCUT2D eigenvalue weighted by Crippen LogP contribution is 2.44. The zero-order chi connectivity index (χ0) is 22.4. The first-order chi connectivity index (χ1) is 15.5. The van der Waals surface area contributed by atoms with E-state index in [4.69, 9.17) is 4.74 Å². The molecule has 3 atom stereocenters. The third kappa shape index (κ3) is 3.37. The van der Waals surface area contributed by atoms with Crippen LogP contribution >= 0.6 is 0 Å². The first-order valence-corrected chi connectivity index (χ1v) is 11.2. The van der Waals surface area contributed by atoms with Gasteiger partial charge in [-0.2, -0.15) is 0 Å². The Morgan fingerprint density at radius 3 is 2.66 bits per heavy atom. The van der Waals surface area contributed by atoms with Crippen molar-refractivity contribution in [1.29, 1.82) is 0 Å². The number of aromatic hydroxyl groups is 1. The van der Waals surface area contributed by atoms with Crippen LogP contribution in [0.5, 0.6) is 11.6 Å². The minimum Gasteiger partial charge on any atom is -0.507 e.